The molecule has 0 aromatic carbocycles. The third kappa shape index (κ3) is 78.0. The third-order valence-electron chi connectivity index (χ3n) is 19.9. The first-order chi connectivity index (χ1) is 50.2. The number of esters is 4. The lowest BCUT2D eigenvalue weighted by Crippen LogP contribution is -2.30. The average molecular weight is 1510 g/mol. The summed E-state index contributed by atoms with van der Waals surface area (Å²) >= 11 is 0. The highest BCUT2D eigenvalue weighted by atomic mass is 31.2. The van der Waals surface area contributed by atoms with Crippen LogP contribution in [0, 0.1) is 0 Å². The summed E-state index contributed by atoms with van der Waals surface area (Å²) < 4.78 is 68.8. The van der Waals surface area contributed by atoms with E-state index < -0.39 is 97.5 Å². The molecule has 0 aromatic heterocycles. The van der Waals surface area contributed by atoms with Gasteiger partial charge in [0.2, 0.25) is 0 Å². The molecule has 19 heteroatoms. The molecule has 0 rings (SSSR count). The number of aliphatic hydroxyl groups excluding tert-OH is 1. The van der Waals surface area contributed by atoms with E-state index in [9.17, 15) is 43.2 Å². The van der Waals surface area contributed by atoms with Gasteiger partial charge in [-0.2, -0.15) is 0 Å². The summed E-state index contributed by atoms with van der Waals surface area (Å²) in [5.74, 6) is -2.10. The van der Waals surface area contributed by atoms with Gasteiger partial charge in [0.1, 0.15) is 19.3 Å². The van der Waals surface area contributed by atoms with Crippen molar-refractivity contribution in [1.82, 2.24) is 0 Å². The maximum atomic E-state index is 13.1. The smallest absolute Gasteiger partial charge is 0.462 e. The van der Waals surface area contributed by atoms with E-state index in [0.29, 0.717) is 25.7 Å². The van der Waals surface area contributed by atoms with Crippen LogP contribution in [-0.4, -0.2) is 96.7 Å². The van der Waals surface area contributed by atoms with Crippen molar-refractivity contribution >= 4 is 39.5 Å². The van der Waals surface area contributed by atoms with Crippen molar-refractivity contribution in [3.63, 3.8) is 0 Å². The van der Waals surface area contributed by atoms with Gasteiger partial charge in [0.05, 0.1) is 26.4 Å². The van der Waals surface area contributed by atoms with Gasteiger partial charge in [-0.05, 0) is 25.7 Å². The van der Waals surface area contributed by atoms with E-state index in [1.54, 1.807) is 0 Å². The molecule has 0 fully saturated rings. The first-order valence-electron chi connectivity index (χ1n) is 43.8. The SMILES string of the molecule is CCCCCCCCCCCCCCCCCCCCCCCC(=O)O[C@H](COC(=O)CCCCCCCCCCCCCCCCCCCCCC)COP(=O)(O)OC[C@@H](O)COP(=O)(O)OC[C@@H](COC(=O)CCCCCCCCCCCC)OC(=O)CCCCCCCCCCCCCC. The van der Waals surface area contributed by atoms with E-state index in [4.69, 9.17) is 37.0 Å². The Labute approximate surface area is 632 Å². The number of rotatable bonds is 85. The lowest BCUT2D eigenvalue weighted by Gasteiger charge is -2.21. The van der Waals surface area contributed by atoms with Crippen LogP contribution in [-0.2, 0) is 65.4 Å². The Morgan fingerprint density at radius 2 is 0.388 bits per heavy atom. The van der Waals surface area contributed by atoms with Crippen LogP contribution in [0.5, 0.6) is 0 Å². The first kappa shape index (κ1) is 101. The Kier molecular flexibility index (Phi) is 76.7. The Hall–Kier alpha value is -1.94. The molecule has 0 aliphatic rings. The predicted octanol–water partition coefficient (Wildman–Crippen LogP) is 25.7. The number of hydrogen-bond acceptors (Lipinski definition) is 15. The van der Waals surface area contributed by atoms with Crippen LogP contribution in [0.2, 0.25) is 0 Å². The van der Waals surface area contributed by atoms with E-state index in [-0.39, 0.29) is 25.7 Å². The fourth-order valence-corrected chi connectivity index (χ4v) is 14.7. The molecule has 5 atom stereocenters. The number of ether oxygens (including phenoxy) is 4. The molecule has 0 aromatic rings. The van der Waals surface area contributed by atoms with E-state index in [1.165, 1.54) is 289 Å². The highest BCUT2D eigenvalue weighted by molar-refractivity contribution is 7.47. The van der Waals surface area contributed by atoms with Crippen molar-refractivity contribution in [2.45, 2.75) is 476 Å². The Morgan fingerprint density at radius 1 is 0.233 bits per heavy atom. The van der Waals surface area contributed by atoms with Gasteiger partial charge < -0.3 is 33.8 Å². The molecule has 0 saturated heterocycles. The van der Waals surface area contributed by atoms with E-state index in [1.807, 2.05) is 0 Å². The number of aliphatic hydroxyl groups is 1. The summed E-state index contributed by atoms with van der Waals surface area (Å²) in [7, 11) is -9.92. The Bertz CT molecular complexity index is 1950. The largest absolute Gasteiger partial charge is 0.472 e. The fraction of sp³-hybridized carbons (Fsp3) is 0.952. The quantitative estimate of drug-likeness (QED) is 0.0222. The van der Waals surface area contributed by atoms with Crippen LogP contribution in [0.15, 0.2) is 0 Å². The van der Waals surface area contributed by atoms with Crippen LogP contribution in [0.3, 0.4) is 0 Å². The topological polar surface area (TPSA) is 237 Å². The molecule has 0 bridgehead atoms. The molecule has 103 heavy (non-hydrogen) atoms. The van der Waals surface area contributed by atoms with Gasteiger partial charge in [-0.1, -0.05) is 407 Å². The van der Waals surface area contributed by atoms with Crippen LogP contribution in [0.4, 0.5) is 0 Å². The van der Waals surface area contributed by atoms with Crippen molar-refractivity contribution in [2.75, 3.05) is 39.6 Å². The lowest BCUT2D eigenvalue weighted by atomic mass is 10.0. The fourth-order valence-electron chi connectivity index (χ4n) is 13.2. The Balaban J connectivity index is 5.19. The van der Waals surface area contributed by atoms with E-state index in [2.05, 4.69) is 27.7 Å². The second-order valence-electron chi connectivity index (χ2n) is 30.2. The number of hydrogen-bond donors (Lipinski definition) is 3. The van der Waals surface area contributed by atoms with E-state index in [0.717, 1.165) is 89.9 Å². The number of carbonyl (C=O) groups is 4. The normalized spacial score (nSPS) is 13.7. The maximum absolute atomic E-state index is 13.1. The summed E-state index contributed by atoms with van der Waals surface area (Å²) in [6.45, 7) is 5.03. The molecule has 17 nitrogen and oxygen atoms in total. The predicted molar refractivity (Wildman–Crippen MR) is 423 cm³/mol. The molecule has 0 radical (unpaired) electrons. The summed E-state index contributed by atoms with van der Waals surface area (Å²) in [6.07, 6.45) is 72.3. The molecule has 612 valence electrons. The lowest BCUT2D eigenvalue weighted by molar-refractivity contribution is -0.161. The summed E-state index contributed by atoms with van der Waals surface area (Å²) in [5.41, 5.74) is 0. The molecule has 0 saturated carbocycles. The molecule has 0 aliphatic carbocycles. The monoisotopic (exact) mass is 1510 g/mol. The van der Waals surface area contributed by atoms with Gasteiger partial charge >= 0.3 is 39.5 Å². The van der Waals surface area contributed by atoms with Crippen molar-refractivity contribution < 1.29 is 80.2 Å². The highest BCUT2D eigenvalue weighted by Crippen LogP contribution is 2.45. The molecule has 0 spiro atoms. The maximum Gasteiger partial charge on any atom is 0.472 e. The number of phosphoric ester groups is 2. The molecule has 0 heterocycles. The zero-order valence-electron chi connectivity index (χ0n) is 67.3. The van der Waals surface area contributed by atoms with Crippen LogP contribution in [0.1, 0.15) is 458 Å². The second-order valence-corrected chi connectivity index (χ2v) is 33.1. The standard InChI is InChI=1S/C84H164O17P2/c1-5-9-13-17-21-25-29-32-34-36-38-40-42-44-46-48-51-55-59-63-67-71-84(89)101-80(75-95-82(87)69-65-61-57-53-50-47-45-43-41-39-37-35-33-30-26-22-18-14-10-6-2)77-99-103(92,93)97-73-78(85)72-96-102(90,91)98-76-79(74-94-81(86)68-64-60-56-52-28-24-20-16-12-8-4)100-83(88)70-66-62-58-54-49-31-27-23-19-15-11-7-3/h78-80,85H,5-77H2,1-4H3,(H,90,91)(H,92,93)/t78-,79+,80+/m0/s1. The number of phosphoric acid groups is 2. The summed E-state index contributed by atoms with van der Waals surface area (Å²) in [5, 5.41) is 10.7. The molecule has 0 amide bonds. The van der Waals surface area contributed by atoms with Gasteiger partial charge in [0.15, 0.2) is 12.2 Å². The summed E-state index contributed by atoms with van der Waals surface area (Å²) in [6, 6.07) is 0. The van der Waals surface area contributed by atoms with Crippen LogP contribution < -0.4 is 0 Å². The zero-order valence-corrected chi connectivity index (χ0v) is 69.1. The van der Waals surface area contributed by atoms with Crippen molar-refractivity contribution in [2.24, 2.45) is 0 Å². The Morgan fingerprint density at radius 3 is 0.573 bits per heavy atom. The van der Waals surface area contributed by atoms with Crippen LogP contribution >= 0.6 is 15.6 Å². The van der Waals surface area contributed by atoms with Gasteiger partial charge in [0.25, 0.3) is 0 Å². The van der Waals surface area contributed by atoms with Gasteiger partial charge in [-0.15, -0.1) is 0 Å². The van der Waals surface area contributed by atoms with Gasteiger partial charge in [-0.3, -0.25) is 37.3 Å². The summed E-state index contributed by atoms with van der Waals surface area (Å²) in [4.78, 5) is 73.1. The minimum absolute atomic E-state index is 0.108. The highest BCUT2D eigenvalue weighted by Gasteiger charge is 2.30. The van der Waals surface area contributed by atoms with Gasteiger partial charge in [0, 0.05) is 25.7 Å². The molecule has 0 aliphatic heterocycles. The van der Waals surface area contributed by atoms with E-state index >= 15 is 0 Å². The minimum atomic E-state index is -4.96. The molecule has 2 unspecified atom stereocenters. The van der Waals surface area contributed by atoms with Crippen molar-refractivity contribution in [3.05, 3.63) is 0 Å². The van der Waals surface area contributed by atoms with Crippen molar-refractivity contribution in [3.8, 4) is 0 Å². The molecular formula is C84H164O17P2. The minimum Gasteiger partial charge on any atom is -0.462 e. The van der Waals surface area contributed by atoms with Crippen LogP contribution in [0.25, 0.3) is 0 Å². The second kappa shape index (κ2) is 78.2. The third-order valence-corrected chi connectivity index (χ3v) is 21.8. The number of carbonyl (C=O) groups excluding carboxylic acids is 4. The zero-order chi connectivity index (χ0) is 75.3. The average Bonchev–Trinajstić information content (AvgIpc) is 0.912. The first-order valence-corrected chi connectivity index (χ1v) is 46.8. The van der Waals surface area contributed by atoms with Crippen molar-refractivity contribution in [1.29, 1.82) is 0 Å². The number of unbranched alkanes of at least 4 members (excludes halogenated alkanes) is 59. The molecular weight excluding hydrogens is 1340 g/mol. The van der Waals surface area contributed by atoms with Gasteiger partial charge in [-0.25, -0.2) is 9.13 Å². The molecule has 3 N–H and O–H groups in total.